The van der Waals surface area contributed by atoms with Crippen LogP contribution < -0.4 is 4.74 Å². The number of rotatable bonds is 6. The lowest BCUT2D eigenvalue weighted by Crippen LogP contribution is -2.18. The third-order valence-electron chi connectivity index (χ3n) is 5.75. The lowest BCUT2D eigenvalue weighted by atomic mass is 9.85. The number of carbonyl (C=O) groups is 1. The summed E-state index contributed by atoms with van der Waals surface area (Å²) in [6, 6.07) is 7.47. The fraction of sp³-hybridized carbons (Fsp3) is 0.364. The number of pyridine rings is 1. The Bertz CT molecular complexity index is 1000. The first kappa shape index (κ1) is 17.6. The molecule has 0 atom stereocenters. The van der Waals surface area contributed by atoms with Crippen molar-refractivity contribution < 1.29 is 14.6 Å². The summed E-state index contributed by atoms with van der Waals surface area (Å²) >= 11 is 0. The molecule has 1 aromatic carbocycles. The molecule has 1 saturated carbocycles. The molecule has 140 valence electrons. The Morgan fingerprint density at radius 3 is 2.78 bits per heavy atom. The van der Waals surface area contributed by atoms with E-state index in [4.69, 9.17) is 4.74 Å². The minimum atomic E-state index is -0.885. The van der Waals surface area contributed by atoms with Gasteiger partial charge in [-0.3, -0.25) is 4.98 Å². The first-order valence-electron chi connectivity index (χ1n) is 9.39. The van der Waals surface area contributed by atoms with Gasteiger partial charge in [-0.1, -0.05) is 12.5 Å². The molecule has 1 aliphatic rings. The molecule has 1 fully saturated rings. The van der Waals surface area contributed by atoms with Gasteiger partial charge in [0.1, 0.15) is 5.75 Å². The largest absolute Gasteiger partial charge is 0.495 e. The molecule has 0 bridgehead atoms. The molecule has 0 radical (unpaired) electrons. The lowest BCUT2D eigenvalue weighted by molar-refractivity contribution is 0.0697. The first-order chi connectivity index (χ1) is 13.1. The predicted molar refractivity (Wildman–Crippen MR) is 105 cm³/mol. The third kappa shape index (κ3) is 3.29. The highest BCUT2D eigenvalue weighted by atomic mass is 16.5. The van der Waals surface area contributed by atoms with Gasteiger partial charge in [-0.05, 0) is 55.0 Å². The van der Waals surface area contributed by atoms with Crippen molar-refractivity contribution in [2.45, 2.75) is 39.2 Å². The van der Waals surface area contributed by atoms with Crippen LogP contribution in [-0.2, 0) is 13.0 Å². The Balaban J connectivity index is 1.80. The molecule has 0 aliphatic heterocycles. The van der Waals surface area contributed by atoms with Crippen LogP contribution in [0.3, 0.4) is 0 Å². The number of nitrogens with zero attached hydrogens (tertiary/aromatic N) is 2. The highest BCUT2D eigenvalue weighted by Crippen LogP contribution is 2.34. The number of methoxy groups -OCH3 is 1. The molecule has 2 aromatic heterocycles. The molecule has 0 unspecified atom stereocenters. The molecule has 4 rings (SSSR count). The van der Waals surface area contributed by atoms with Gasteiger partial charge in [0.2, 0.25) is 0 Å². The maximum Gasteiger partial charge on any atom is 0.335 e. The Morgan fingerprint density at radius 2 is 2.11 bits per heavy atom. The zero-order chi connectivity index (χ0) is 19.0. The summed E-state index contributed by atoms with van der Waals surface area (Å²) in [4.78, 5) is 15.7. The lowest BCUT2D eigenvalue weighted by Gasteiger charge is -2.27. The highest BCUT2D eigenvalue weighted by Gasteiger charge is 2.22. The molecule has 0 saturated heterocycles. The van der Waals surface area contributed by atoms with Crippen LogP contribution in [0.1, 0.15) is 46.4 Å². The minimum Gasteiger partial charge on any atom is -0.495 e. The summed E-state index contributed by atoms with van der Waals surface area (Å²) in [6.45, 7) is 3.10. The van der Waals surface area contributed by atoms with Crippen LogP contribution in [0.2, 0.25) is 0 Å². The number of carboxylic acid groups (broad SMARTS) is 1. The highest BCUT2D eigenvalue weighted by molar-refractivity contribution is 5.95. The summed E-state index contributed by atoms with van der Waals surface area (Å²) in [6.07, 6.45) is 8.13. The van der Waals surface area contributed by atoms with E-state index in [0.717, 1.165) is 35.2 Å². The third-order valence-corrected chi connectivity index (χ3v) is 5.75. The Labute approximate surface area is 158 Å². The molecule has 3 aromatic rings. The van der Waals surface area contributed by atoms with E-state index in [0.29, 0.717) is 11.5 Å². The molecular formula is C22H24N2O3. The van der Waals surface area contributed by atoms with E-state index in [1.165, 1.54) is 30.5 Å². The van der Waals surface area contributed by atoms with Gasteiger partial charge in [0.05, 0.1) is 18.9 Å². The summed E-state index contributed by atoms with van der Waals surface area (Å²) in [5.41, 5.74) is 4.88. The second kappa shape index (κ2) is 7.06. The van der Waals surface area contributed by atoms with Crippen molar-refractivity contribution >= 4 is 16.9 Å². The molecular weight excluding hydrogens is 340 g/mol. The second-order valence-corrected chi connectivity index (χ2v) is 7.42. The van der Waals surface area contributed by atoms with Gasteiger partial charge in [0.25, 0.3) is 0 Å². The van der Waals surface area contributed by atoms with Crippen molar-refractivity contribution in [3.05, 3.63) is 59.0 Å². The standard InChI is InChI=1S/C22H24N2O3/c1-14-20(9-16-8-18(27-2)12-23-11-16)19-7-6-17(22(25)26)10-21(19)24(14)13-15-4-3-5-15/h6-8,10-12,15H,3-5,9,13H2,1-2H3,(H,25,26). The smallest absolute Gasteiger partial charge is 0.335 e. The van der Waals surface area contributed by atoms with Gasteiger partial charge in [-0.2, -0.15) is 0 Å². The topological polar surface area (TPSA) is 64.4 Å². The zero-order valence-electron chi connectivity index (χ0n) is 15.7. The average Bonchev–Trinajstić information content (AvgIpc) is 2.89. The SMILES string of the molecule is COc1cncc(Cc2c(C)n(CC3CCC3)c3cc(C(=O)O)ccc23)c1. The van der Waals surface area contributed by atoms with Crippen LogP contribution in [0.4, 0.5) is 0 Å². The number of aromatic nitrogens is 2. The van der Waals surface area contributed by atoms with E-state index in [2.05, 4.69) is 16.5 Å². The van der Waals surface area contributed by atoms with Crippen LogP contribution in [0.5, 0.6) is 5.75 Å². The maximum absolute atomic E-state index is 11.5. The minimum absolute atomic E-state index is 0.337. The molecule has 27 heavy (non-hydrogen) atoms. The van der Waals surface area contributed by atoms with Crippen molar-refractivity contribution in [3.8, 4) is 5.75 Å². The normalized spacial score (nSPS) is 14.3. The van der Waals surface area contributed by atoms with Crippen LogP contribution >= 0.6 is 0 Å². The van der Waals surface area contributed by atoms with Gasteiger partial charge in [-0.15, -0.1) is 0 Å². The van der Waals surface area contributed by atoms with E-state index >= 15 is 0 Å². The number of ether oxygens (including phenoxy) is 1. The van der Waals surface area contributed by atoms with E-state index in [1.54, 1.807) is 19.4 Å². The fourth-order valence-electron chi connectivity index (χ4n) is 3.95. The molecule has 5 nitrogen and oxygen atoms in total. The molecule has 0 amide bonds. The number of fused-ring (bicyclic) bond motifs is 1. The van der Waals surface area contributed by atoms with Crippen LogP contribution in [0, 0.1) is 12.8 Å². The summed E-state index contributed by atoms with van der Waals surface area (Å²) in [5, 5.41) is 10.5. The maximum atomic E-state index is 11.5. The molecule has 0 spiro atoms. The van der Waals surface area contributed by atoms with Crippen LogP contribution in [-0.4, -0.2) is 27.7 Å². The van der Waals surface area contributed by atoms with Crippen molar-refractivity contribution in [3.63, 3.8) is 0 Å². The van der Waals surface area contributed by atoms with Crippen molar-refractivity contribution in [1.82, 2.24) is 9.55 Å². The quantitative estimate of drug-likeness (QED) is 0.702. The van der Waals surface area contributed by atoms with E-state index in [1.807, 2.05) is 24.4 Å². The zero-order valence-corrected chi connectivity index (χ0v) is 15.7. The average molecular weight is 364 g/mol. The Hall–Kier alpha value is -2.82. The molecule has 2 heterocycles. The molecule has 1 aliphatic carbocycles. The Kier molecular flexibility index (Phi) is 4.60. The van der Waals surface area contributed by atoms with Crippen LogP contribution in [0.25, 0.3) is 10.9 Å². The summed E-state index contributed by atoms with van der Waals surface area (Å²) < 4.78 is 7.61. The summed E-state index contributed by atoms with van der Waals surface area (Å²) in [7, 11) is 1.64. The number of carboxylic acids is 1. The Morgan fingerprint density at radius 1 is 1.30 bits per heavy atom. The van der Waals surface area contributed by atoms with Gasteiger partial charge < -0.3 is 14.4 Å². The summed E-state index contributed by atoms with van der Waals surface area (Å²) in [5.74, 6) is 0.556. The van der Waals surface area contributed by atoms with E-state index in [-0.39, 0.29) is 0 Å². The van der Waals surface area contributed by atoms with Crippen molar-refractivity contribution in [2.24, 2.45) is 5.92 Å². The van der Waals surface area contributed by atoms with Gasteiger partial charge >= 0.3 is 5.97 Å². The molecule has 1 N–H and O–H groups in total. The van der Waals surface area contributed by atoms with E-state index in [9.17, 15) is 9.90 Å². The fourth-order valence-corrected chi connectivity index (χ4v) is 3.95. The number of hydrogen-bond donors (Lipinski definition) is 1. The van der Waals surface area contributed by atoms with Gasteiger partial charge in [0, 0.05) is 35.8 Å². The number of benzene rings is 1. The number of aromatic carboxylic acids is 1. The molecule has 5 heteroatoms. The van der Waals surface area contributed by atoms with Gasteiger partial charge in [0.15, 0.2) is 0 Å². The predicted octanol–water partition coefficient (Wildman–Crippen LogP) is 4.44. The van der Waals surface area contributed by atoms with E-state index < -0.39 is 5.97 Å². The number of hydrogen-bond acceptors (Lipinski definition) is 3. The van der Waals surface area contributed by atoms with Crippen molar-refractivity contribution in [1.29, 1.82) is 0 Å². The second-order valence-electron chi connectivity index (χ2n) is 7.42. The van der Waals surface area contributed by atoms with Crippen molar-refractivity contribution in [2.75, 3.05) is 7.11 Å². The van der Waals surface area contributed by atoms with Crippen LogP contribution in [0.15, 0.2) is 36.7 Å². The monoisotopic (exact) mass is 364 g/mol. The first-order valence-corrected chi connectivity index (χ1v) is 9.39. The van der Waals surface area contributed by atoms with Gasteiger partial charge in [-0.25, -0.2) is 4.79 Å².